The number of hydrogen-bond donors (Lipinski definition) is 0. The zero-order chi connectivity index (χ0) is 10.6. The van der Waals surface area contributed by atoms with Gasteiger partial charge in [0.1, 0.15) is 0 Å². The van der Waals surface area contributed by atoms with Crippen molar-refractivity contribution in [3.05, 3.63) is 28.5 Å². The second kappa shape index (κ2) is 5.46. The third kappa shape index (κ3) is 2.78. The highest BCUT2D eigenvalue weighted by atomic mass is 79.9. The van der Waals surface area contributed by atoms with Crippen LogP contribution in [0.5, 0.6) is 0 Å². The smallest absolute Gasteiger partial charge is 0.325 e. The summed E-state index contributed by atoms with van der Waals surface area (Å²) in [5, 5.41) is 0. The van der Waals surface area contributed by atoms with E-state index in [1.54, 1.807) is 19.2 Å². The van der Waals surface area contributed by atoms with Crippen molar-refractivity contribution in [3.8, 4) is 0 Å². The van der Waals surface area contributed by atoms with E-state index < -0.39 is 4.83 Å². The van der Waals surface area contributed by atoms with Crippen LogP contribution in [0, 0.1) is 0 Å². The van der Waals surface area contributed by atoms with Crippen LogP contribution in [0.2, 0.25) is 0 Å². The van der Waals surface area contributed by atoms with Gasteiger partial charge >= 0.3 is 5.97 Å². The van der Waals surface area contributed by atoms with Crippen LogP contribution in [-0.4, -0.2) is 17.6 Å². The van der Waals surface area contributed by atoms with E-state index >= 15 is 0 Å². The van der Waals surface area contributed by atoms with Gasteiger partial charge in [-0.25, -0.2) is 0 Å². The highest BCUT2D eigenvalue weighted by Gasteiger charge is 2.21. The van der Waals surface area contributed by atoms with Crippen molar-refractivity contribution in [1.82, 2.24) is 4.98 Å². The molecular weight excluding hydrogens is 314 g/mol. The minimum absolute atomic E-state index is 0.327. The maximum Gasteiger partial charge on any atom is 0.325 e. The zero-order valence-corrected chi connectivity index (χ0v) is 10.7. The number of esters is 1. The number of carbonyl (C=O) groups excluding carboxylic acids is 1. The summed E-state index contributed by atoms with van der Waals surface area (Å²) >= 11 is 6.55. The molecule has 0 saturated carbocycles. The molecule has 0 fully saturated rings. The Morgan fingerprint density at radius 2 is 2.43 bits per heavy atom. The molecule has 0 amide bonds. The predicted octanol–water partition coefficient (Wildman–Crippen LogP) is 2.84. The van der Waals surface area contributed by atoms with Gasteiger partial charge in [-0.2, -0.15) is 0 Å². The Bertz CT molecular complexity index is 330. The molecule has 76 valence electrons. The fraction of sp³-hybridized carbons (Fsp3) is 0.333. The van der Waals surface area contributed by atoms with Crippen LogP contribution in [0.4, 0.5) is 0 Å². The second-order valence-electron chi connectivity index (χ2n) is 2.49. The number of rotatable bonds is 3. The largest absolute Gasteiger partial charge is 0.465 e. The Hall–Kier alpha value is -0.420. The van der Waals surface area contributed by atoms with E-state index in [2.05, 4.69) is 36.8 Å². The Balaban J connectivity index is 2.84. The van der Waals surface area contributed by atoms with Gasteiger partial charge in [-0.1, -0.05) is 15.9 Å². The lowest BCUT2D eigenvalue weighted by molar-refractivity contribution is -0.142. The van der Waals surface area contributed by atoms with Gasteiger partial charge in [-0.15, -0.1) is 0 Å². The number of ether oxygens (including phenoxy) is 1. The first-order valence-corrected chi connectivity index (χ1v) is 5.78. The SMILES string of the molecule is CCOC(=O)C(Br)c1ncccc1Br. The molecule has 14 heavy (non-hydrogen) atoms. The van der Waals surface area contributed by atoms with E-state index in [1.807, 2.05) is 6.07 Å². The Labute approximate surface area is 99.1 Å². The normalized spacial score (nSPS) is 12.2. The molecule has 5 heteroatoms. The molecule has 0 spiro atoms. The molecular formula is C9H9Br2NO2. The standard InChI is InChI=1S/C9H9Br2NO2/c1-2-14-9(13)7(11)8-6(10)4-3-5-12-8/h3-5,7H,2H2,1H3. The van der Waals surface area contributed by atoms with Crippen LogP contribution in [0.3, 0.4) is 0 Å². The fourth-order valence-corrected chi connectivity index (χ4v) is 2.20. The number of carbonyl (C=O) groups is 1. The molecule has 1 aromatic rings. The van der Waals surface area contributed by atoms with Gasteiger partial charge in [0.25, 0.3) is 0 Å². The molecule has 0 N–H and O–H groups in total. The van der Waals surface area contributed by atoms with Gasteiger partial charge in [0, 0.05) is 10.7 Å². The van der Waals surface area contributed by atoms with E-state index in [0.717, 1.165) is 4.47 Å². The van der Waals surface area contributed by atoms with Gasteiger partial charge in [-0.3, -0.25) is 9.78 Å². The first-order valence-electron chi connectivity index (χ1n) is 4.08. The van der Waals surface area contributed by atoms with Crippen molar-refractivity contribution < 1.29 is 9.53 Å². The molecule has 0 aromatic carbocycles. The summed E-state index contributed by atoms with van der Waals surface area (Å²) in [6.07, 6.45) is 1.63. The van der Waals surface area contributed by atoms with E-state index in [9.17, 15) is 4.79 Å². The lowest BCUT2D eigenvalue weighted by Gasteiger charge is -2.09. The molecule has 1 atom stereocenters. The van der Waals surface area contributed by atoms with Crippen molar-refractivity contribution in [3.63, 3.8) is 0 Å². The van der Waals surface area contributed by atoms with E-state index in [4.69, 9.17) is 4.74 Å². The number of nitrogens with zero attached hydrogens (tertiary/aromatic N) is 1. The molecule has 0 radical (unpaired) electrons. The van der Waals surface area contributed by atoms with Crippen LogP contribution in [0.1, 0.15) is 17.4 Å². The average Bonchev–Trinajstić information content (AvgIpc) is 2.18. The van der Waals surface area contributed by atoms with Crippen LogP contribution < -0.4 is 0 Å². The number of alkyl halides is 1. The van der Waals surface area contributed by atoms with E-state index in [-0.39, 0.29) is 5.97 Å². The average molecular weight is 323 g/mol. The summed E-state index contributed by atoms with van der Waals surface area (Å²) in [5.74, 6) is -0.327. The lowest BCUT2D eigenvalue weighted by atomic mass is 10.3. The minimum atomic E-state index is -0.516. The molecule has 0 bridgehead atoms. The highest BCUT2D eigenvalue weighted by Crippen LogP contribution is 2.28. The molecule has 0 aliphatic rings. The Kier molecular flexibility index (Phi) is 4.54. The molecule has 1 rings (SSSR count). The van der Waals surface area contributed by atoms with E-state index in [0.29, 0.717) is 12.3 Å². The molecule has 0 saturated heterocycles. The molecule has 0 aliphatic carbocycles. The summed E-state index contributed by atoms with van der Waals surface area (Å²) in [6.45, 7) is 2.14. The van der Waals surface area contributed by atoms with Crippen molar-refractivity contribution in [2.45, 2.75) is 11.8 Å². The van der Waals surface area contributed by atoms with Crippen LogP contribution in [-0.2, 0) is 9.53 Å². The minimum Gasteiger partial charge on any atom is -0.465 e. The van der Waals surface area contributed by atoms with Crippen molar-refractivity contribution in [2.75, 3.05) is 6.61 Å². The number of halogens is 2. The van der Waals surface area contributed by atoms with E-state index in [1.165, 1.54) is 0 Å². The third-order valence-electron chi connectivity index (χ3n) is 1.52. The highest BCUT2D eigenvalue weighted by molar-refractivity contribution is 9.11. The maximum atomic E-state index is 11.4. The van der Waals surface area contributed by atoms with Gasteiger partial charge in [0.2, 0.25) is 0 Å². The molecule has 0 aliphatic heterocycles. The first kappa shape index (κ1) is 11.7. The third-order valence-corrected chi connectivity index (χ3v) is 3.00. The Morgan fingerprint density at radius 1 is 1.71 bits per heavy atom. The van der Waals surface area contributed by atoms with Crippen molar-refractivity contribution >= 4 is 37.8 Å². The van der Waals surface area contributed by atoms with Gasteiger partial charge in [0.05, 0.1) is 12.3 Å². The van der Waals surface area contributed by atoms with Crippen LogP contribution in [0.15, 0.2) is 22.8 Å². The molecule has 1 heterocycles. The van der Waals surface area contributed by atoms with Crippen molar-refractivity contribution in [1.29, 1.82) is 0 Å². The maximum absolute atomic E-state index is 11.4. The zero-order valence-electron chi connectivity index (χ0n) is 7.54. The summed E-state index contributed by atoms with van der Waals surface area (Å²) < 4.78 is 5.65. The lowest BCUT2D eigenvalue weighted by Crippen LogP contribution is -2.12. The summed E-state index contributed by atoms with van der Waals surface area (Å²) in [5.41, 5.74) is 0.631. The van der Waals surface area contributed by atoms with Crippen molar-refractivity contribution in [2.24, 2.45) is 0 Å². The number of pyridine rings is 1. The monoisotopic (exact) mass is 321 g/mol. The summed E-state index contributed by atoms with van der Waals surface area (Å²) in [4.78, 5) is 14.9. The molecule has 3 nitrogen and oxygen atoms in total. The van der Waals surface area contributed by atoms with Gasteiger partial charge in [0.15, 0.2) is 4.83 Å². The topological polar surface area (TPSA) is 39.2 Å². The number of aromatic nitrogens is 1. The fourth-order valence-electron chi connectivity index (χ4n) is 0.911. The van der Waals surface area contributed by atoms with Crippen LogP contribution in [0.25, 0.3) is 0 Å². The Morgan fingerprint density at radius 3 is 3.00 bits per heavy atom. The first-order chi connectivity index (χ1) is 6.66. The summed E-state index contributed by atoms with van der Waals surface area (Å²) in [6, 6.07) is 3.62. The van der Waals surface area contributed by atoms with Gasteiger partial charge in [-0.05, 0) is 35.0 Å². The second-order valence-corrected chi connectivity index (χ2v) is 4.26. The van der Waals surface area contributed by atoms with Crippen LogP contribution >= 0.6 is 31.9 Å². The number of hydrogen-bond acceptors (Lipinski definition) is 3. The summed E-state index contributed by atoms with van der Waals surface area (Å²) in [7, 11) is 0. The predicted molar refractivity (Wildman–Crippen MR) is 60.2 cm³/mol. The molecule has 1 unspecified atom stereocenters. The van der Waals surface area contributed by atoms with Gasteiger partial charge < -0.3 is 4.74 Å². The quantitative estimate of drug-likeness (QED) is 0.634. The molecule has 1 aromatic heterocycles.